The highest BCUT2D eigenvalue weighted by molar-refractivity contribution is 7.12. The van der Waals surface area contributed by atoms with E-state index in [0.29, 0.717) is 22.2 Å². The molecule has 0 amide bonds. The minimum Gasteiger partial charge on any atom is -0.476 e. The Hall–Kier alpha value is -2.43. The Balaban J connectivity index is 2.56. The molecule has 0 fully saturated rings. The number of carboxylic acids is 1. The average Bonchev–Trinajstić information content (AvgIpc) is 3.04. The number of hydrogen-bond donors (Lipinski definition) is 1. The Kier molecular flexibility index (Phi) is 4.17. The maximum Gasteiger partial charge on any atom is 0.434 e. The third kappa shape index (κ3) is 2.93. The van der Waals surface area contributed by atoms with Gasteiger partial charge in [0.05, 0.1) is 12.8 Å². The predicted molar refractivity (Wildman–Crippen MR) is 67.2 cm³/mol. The van der Waals surface area contributed by atoms with Gasteiger partial charge in [-0.1, -0.05) is 0 Å². The molecule has 0 radical (unpaired) electrons. The van der Waals surface area contributed by atoms with Gasteiger partial charge < -0.3 is 9.84 Å². The number of aromatic carboxylic acids is 1. The first-order valence-electron chi connectivity index (χ1n) is 5.77. The summed E-state index contributed by atoms with van der Waals surface area (Å²) in [7, 11) is 0. The van der Waals surface area contributed by atoms with Crippen molar-refractivity contribution >= 4 is 23.3 Å². The van der Waals surface area contributed by atoms with Crippen LogP contribution in [-0.4, -0.2) is 38.4 Å². The highest BCUT2D eigenvalue weighted by Crippen LogP contribution is 2.34. The van der Waals surface area contributed by atoms with Gasteiger partial charge in [0, 0.05) is 5.38 Å². The van der Waals surface area contributed by atoms with Gasteiger partial charge in [-0.2, -0.15) is 18.3 Å². The van der Waals surface area contributed by atoms with Crippen molar-refractivity contribution in [3.8, 4) is 5.13 Å². The van der Waals surface area contributed by atoms with Crippen molar-refractivity contribution in [2.24, 2.45) is 0 Å². The Bertz CT molecular complexity index is 722. The van der Waals surface area contributed by atoms with Crippen LogP contribution in [-0.2, 0) is 10.9 Å². The van der Waals surface area contributed by atoms with Crippen LogP contribution >= 0.6 is 11.3 Å². The predicted octanol–water partition coefficient (Wildman–Crippen LogP) is 2.22. The highest BCUT2D eigenvalue weighted by atomic mass is 32.1. The number of carboxylic acid groups (broad SMARTS) is 1. The maximum atomic E-state index is 13.2. The van der Waals surface area contributed by atoms with Crippen LogP contribution in [0.1, 0.15) is 33.5 Å². The van der Waals surface area contributed by atoms with Gasteiger partial charge in [-0.25, -0.2) is 19.3 Å². The van der Waals surface area contributed by atoms with Gasteiger partial charge in [0.2, 0.25) is 5.13 Å². The number of hydrogen-bond acceptors (Lipinski definition) is 6. The molecule has 0 atom stereocenters. The smallest absolute Gasteiger partial charge is 0.434 e. The van der Waals surface area contributed by atoms with Crippen LogP contribution in [0.3, 0.4) is 0 Å². The fourth-order valence-corrected chi connectivity index (χ4v) is 2.34. The van der Waals surface area contributed by atoms with Crippen LogP contribution < -0.4 is 0 Å². The number of ether oxygens (including phenoxy) is 1. The zero-order valence-electron chi connectivity index (χ0n) is 10.9. The van der Waals surface area contributed by atoms with E-state index in [2.05, 4.69) is 14.8 Å². The number of esters is 1. The topological polar surface area (TPSA) is 94.3 Å². The van der Waals surface area contributed by atoms with Gasteiger partial charge in [-0.3, -0.25) is 0 Å². The van der Waals surface area contributed by atoms with E-state index >= 15 is 0 Å². The summed E-state index contributed by atoms with van der Waals surface area (Å²) in [6.45, 7) is 1.36. The molecule has 118 valence electrons. The summed E-state index contributed by atoms with van der Waals surface area (Å²) >= 11 is 0.656. The third-order valence-electron chi connectivity index (χ3n) is 2.43. The van der Waals surface area contributed by atoms with Crippen molar-refractivity contribution in [3.05, 3.63) is 28.5 Å². The van der Waals surface area contributed by atoms with E-state index in [4.69, 9.17) is 5.11 Å². The number of alkyl halides is 3. The van der Waals surface area contributed by atoms with Gasteiger partial charge in [-0.05, 0) is 6.92 Å². The molecule has 1 N–H and O–H groups in total. The molecule has 2 aromatic heterocycles. The molecule has 11 heteroatoms. The number of carbonyl (C=O) groups excluding carboxylic acids is 1. The van der Waals surface area contributed by atoms with Crippen LogP contribution in [0, 0.1) is 0 Å². The SMILES string of the molecule is CCOC(=O)c1cnn(-c2nc(C(=O)O)cs2)c1C(F)(F)F. The molecule has 0 unspecified atom stereocenters. The molecule has 0 spiro atoms. The number of nitrogens with zero attached hydrogens (tertiary/aromatic N) is 3. The summed E-state index contributed by atoms with van der Waals surface area (Å²) in [5.74, 6) is -2.55. The third-order valence-corrected chi connectivity index (χ3v) is 3.24. The van der Waals surface area contributed by atoms with Crippen LogP contribution in [0.5, 0.6) is 0 Å². The van der Waals surface area contributed by atoms with E-state index in [0.717, 1.165) is 5.38 Å². The Morgan fingerprint density at radius 2 is 2.14 bits per heavy atom. The standard InChI is InChI=1S/C11H8F3N3O4S/c1-2-21-9(20)5-3-15-17(7(5)11(12,13)14)10-16-6(4-22-10)8(18)19/h3-4H,2H2,1H3,(H,18,19). The molecule has 0 saturated carbocycles. The highest BCUT2D eigenvalue weighted by Gasteiger charge is 2.41. The van der Waals surface area contributed by atoms with Gasteiger partial charge in [0.15, 0.2) is 11.4 Å². The summed E-state index contributed by atoms with van der Waals surface area (Å²) in [6.07, 6.45) is -4.18. The first-order valence-corrected chi connectivity index (χ1v) is 6.65. The zero-order valence-corrected chi connectivity index (χ0v) is 11.7. The average molecular weight is 335 g/mol. The van der Waals surface area contributed by atoms with E-state index in [1.807, 2.05) is 0 Å². The molecule has 0 aliphatic carbocycles. The second kappa shape index (κ2) is 5.75. The molecule has 22 heavy (non-hydrogen) atoms. The summed E-state index contributed by atoms with van der Waals surface area (Å²) in [5, 5.41) is 13.0. The first kappa shape index (κ1) is 15.9. The lowest BCUT2D eigenvalue weighted by Crippen LogP contribution is -2.18. The first-order chi connectivity index (χ1) is 10.3. The molecule has 0 aliphatic heterocycles. The zero-order chi connectivity index (χ0) is 16.5. The molecule has 2 rings (SSSR count). The second-order valence-electron chi connectivity index (χ2n) is 3.86. The van der Waals surface area contributed by atoms with Gasteiger partial charge in [-0.15, -0.1) is 11.3 Å². The molecule has 7 nitrogen and oxygen atoms in total. The maximum absolute atomic E-state index is 13.2. The normalized spacial score (nSPS) is 11.5. The van der Waals surface area contributed by atoms with Crippen molar-refractivity contribution in [3.63, 3.8) is 0 Å². The number of halogens is 3. The van der Waals surface area contributed by atoms with Gasteiger partial charge in [0.25, 0.3) is 0 Å². The molecule has 0 aromatic carbocycles. The molecule has 0 bridgehead atoms. The van der Waals surface area contributed by atoms with E-state index in [-0.39, 0.29) is 11.7 Å². The minimum atomic E-state index is -4.90. The van der Waals surface area contributed by atoms with Gasteiger partial charge in [0.1, 0.15) is 5.56 Å². The monoisotopic (exact) mass is 335 g/mol. The van der Waals surface area contributed by atoms with Crippen molar-refractivity contribution in [2.45, 2.75) is 13.1 Å². The Morgan fingerprint density at radius 3 is 2.64 bits per heavy atom. The van der Waals surface area contributed by atoms with E-state index in [9.17, 15) is 22.8 Å². The largest absolute Gasteiger partial charge is 0.476 e. The summed E-state index contributed by atoms with van der Waals surface area (Å²) in [4.78, 5) is 25.9. The molecule has 0 saturated heterocycles. The van der Waals surface area contributed by atoms with Crippen molar-refractivity contribution < 1.29 is 32.6 Å². The van der Waals surface area contributed by atoms with Crippen molar-refractivity contribution in [1.82, 2.24) is 14.8 Å². The summed E-state index contributed by atoms with van der Waals surface area (Å²) in [5.41, 5.74) is -2.54. The molecular weight excluding hydrogens is 327 g/mol. The Morgan fingerprint density at radius 1 is 1.45 bits per heavy atom. The van der Waals surface area contributed by atoms with Crippen LogP contribution in [0.15, 0.2) is 11.6 Å². The summed E-state index contributed by atoms with van der Waals surface area (Å²) < 4.78 is 44.5. The molecule has 2 heterocycles. The van der Waals surface area contributed by atoms with E-state index in [1.165, 1.54) is 6.92 Å². The number of rotatable bonds is 4. The fourth-order valence-electron chi connectivity index (χ4n) is 1.58. The number of aromatic nitrogens is 3. The van der Waals surface area contributed by atoms with Crippen LogP contribution in [0.25, 0.3) is 5.13 Å². The van der Waals surface area contributed by atoms with E-state index in [1.54, 1.807) is 0 Å². The van der Waals surface area contributed by atoms with Crippen LogP contribution in [0.2, 0.25) is 0 Å². The lowest BCUT2D eigenvalue weighted by Gasteiger charge is -2.10. The second-order valence-corrected chi connectivity index (χ2v) is 4.69. The van der Waals surface area contributed by atoms with E-state index < -0.39 is 35.1 Å². The van der Waals surface area contributed by atoms with Crippen molar-refractivity contribution in [1.29, 1.82) is 0 Å². The lowest BCUT2D eigenvalue weighted by atomic mass is 10.2. The number of thiazole rings is 1. The quantitative estimate of drug-likeness (QED) is 0.861. The lowest BCUT2D eigenvalue weighted by molar-refractivity contribution is -0.143. The van der Waals surface area contributed by atoms with Crippen LogP contribution in [0.4, 0.5) is 13.2 Å². The molecule has 2 aromatic rings. The molecular formula is C11H8F3N3O4S. The van der Waals surface area contributed by atoms with Crippen molar-refractivity contribution in [2.75, 3.05) is 6.61 Å². The van der Waals surface area contributed by atoms with Gasteiger partial charge >= 0.3 is 18.1 Å². The fraction of sp³-hybridized carbons (Fsp3) is 0.273. The summed E-state index contributed by atoms with van der Waals surface area (Å²) in [6, 6.07) is 0. The molecule has 0 aliphatic rings. The minimum absolute atomic E-state index is 0.0955. The Labute approximate surface area is 125 Å². The number of carbonyl (C=O) groups is 2.